The maximum atomic E-state index is 11.7. The van der Waals surface area contributed by atoms with Crippen LogP contribution in [0.5, 0.6) is 0 Å². The molecule has 0 unspecified atom stereocenters. The van der Waals surface area contributed by atoms with Crippen LogP contribution < -0.4 is 10.6 Å². The normalized spacial score (nSPS) is 10.9. The van der Waals surface area contributed by atoms with Gasteiger partial charge in [-0.2, -0.15) is 5.26 Å². The number of nitrogens with zero attached hydrogens (tertiary/aromatic N) is 1. The molecule has 0 saturated carbocycles. The van der Waals surface area contributed by atoms with Gasteiger partial charge < -0.3 is 10.6 Å². The lowest BCUT2D eigenvalue weighted by atomic mass is 10.1. The highest BCUT2D eigenvalue weighted by Crippen LogP contribution is 2.02. The number of carbonyl (C=O) groups is 1. The summed E-state index contributed by atoms with van der Waals surface area (Å²) in [4.78, 5) is 11.7. The van der Waals surface area contributed by atoms with Gasteiger partial charge in [0, 0.05) is 18.2 Å². The molecule has 0 aromatic heterocycles. The van der Waals surface area contributed by atoms with E-state index in [0.717, 1.165) is 6.54 Å². The second-order valence-electron chi connectivity index (χ2n) is 3.86. The van der Waals surface area contributed by atoms with Crippen LogP contribution in [0.3, 0.4) is 0 Å². The fourth-order valence-electron chi connectivity index (χ4n) is 1.46. The Morgan fingerprint density at radius 3 is 2.50 bits per heavy atom. The highest BCUT2D eigenvalue weighted by Gasteiger charge is 2.06. The molecule has 5 heteroatoms. The molecule has 0 aliphatic carbocycles. The molecule has 0 aliphatic rings. The van der Waals surface area contributed by atoms with Crippen molar-refractivity contribution in [2.45, 2.75) is 19.9 Å². The van der Waals surface area contributed by atoms with Crippen molar-refractivity contribution in [2.75, 3.05) is 13.1 Å². The summed E-state index contributed by atoms with van der Waals surface area (Å²) in [5.74, 6) is -0.112. The Labute approximate surface area is 114 Å². The minimum Gasteiger partial charge on any atom is -0.350 e. The zero-order valence-corrected chi connectivity index (χ0v) is 11.4. The van der Waals surface area contributed by atoms with Gasteiger partial charge in [-0.25, -0.2) is 0 Å². The first-order valence-electron chi connectivity index (χ1n) is 5.69. The summed E-state index contributed by atoms with van der Waals surface area (Å²) in [6, 6.07) is 8.87. The number of amides is 1. The summed E-state index contributed by atoms with van der Waals surface area (Å²) >= 11 is 0. The van der Waals surface area contributed by atoms with Gasteiger partial charge in [0.05, 0.1) is 11.6 Å². The van der Waals surface area contributed by atoms with Crippen molar-refractivity contribution in [3.8, 4) is 6.07 Å². The number of rotatable bonds is 5. The van der Waals surface area contributed by atoms with Crippen LogP contribution >= 0.6 is 12.4 Å². The lowest BCUT2D eigenvalue weighted by Crippen LogP contribution is -2.38. The number of carbonyl (C=O) groups excluding carboxylic acids is 1. The predicted molar refractivity (Wildman–Crippen MR) is 73.9 cm³/mol. The fourth-order valence-corrected chi connectivity index (χ4v) is 1.46. The van der Waals surface area contributed by atoms with Gasteiger partial charge in [0.2, 0.25) is 0 Å². The van der Waals surface area contributed by atoms with Gasteiger partial charge >= 0.3 is 0 Å². The second kappa shape index (κ2) is 8.51. The summed E-state index contributed by atoms with van der Waals surface area (Å²) in [6.07, 6.45) is 0. The molecule has 0 spiro atoms. The van der Waals surface area contributed by atoms with Gasteiger partial charge in [-0.05, 0) is 37.7 Å². The molecule has 0 heterocycles. The first-order chi connectivity index (χ1) is 8.17. The van der Waals surface area contributed by atoms with Crippen LogP contribution in [-0.4, -0.2) is 25.0 Å². The molecule has 18 heavy (non-hydrogen) atoms. The number of benzene rings is 1. The van der Waals surface area contributed by atoms with E-state index in [1.165, 1.54) is 0 Å². The average molecular weight is 268 g/mol. The minimum absolute atomic E-state index is 0. The fraction of sp³-hybridized carbons (Fsp3) is 0.385. The lowest BCUT2D eigenvalue weighted by Gasteiger charge is -2.13. The van der Waals surface area contributed by atoms with Crippen LogP contribution in [0, 0.1) is 11.3 Å². The summed E-state index contributed by atoms with van der Waals surface area (Å²) in [7, 11) is 0. The molecule has 0 fully saturated rings. The summed E-state index contributed by atoms with van der Waals surface area (Å²) in [5.41, 5.74) is 1.13. The predicted octanol–water partition coefficient (Wildman–Crippen LogP) is 1.71. The molecule has 0 saturated heterocycles. The van der Waals surface area contributed by atoms with Crippen molar-refractivity contribution in [3.05, 3.63) is 35.4 Å². The Hall–Kier alpha value is -1.57. The third-order valence-corrected chi connectivity index (χ3v) is 2.40. The third kappa shape index (κ3) is 5.17. The van der Waals surface area contributed by atoms with Crippen molar-refractivity contribution in [1.82, 2.24) is 10.6 Å². The number of hydrogen-bond donors (Lipinski definition) is 2. The molecule has 2 N–H and O–H groups in total. The highest BCUT2D eigenvalue weighted by atomic mass is 35.5. The summed E-state index contributed by atoms with van der Waals surface area (Å²) < 4.78 is 0. The first-order valence-corrected chi connectivity index (χ1v) is 5.69. The number of hydrogen-bond acceptors (Lipinski definition) is 3. The average Bonchev–Trinajstić information content (AvgIpc) is 2.36. The van der Waals surface area contributed by atoms with Crippen molar-refractivity contribution in [1.29, 1.82) is 5.26 Å². The van der Waals surface area contributed by atoms with Crippen molar-refractivity contribution in [3.63, 3.8) is 0 Å². The number of likely N-dealkylation sites (N-methyl/N-ethyl adjacent to an activating group) is 1. The van der Waals surface area contributed by atoms with Crippen molar-refractivity contribution < 1.29 is 4.79 Å². The third-order valence-electron chi connectivity index (χ3n) is 2.40. The number of nitrogens with one attached hydrogen (secondary N) is 2. The highest BCUT2D eigenvalue weighted by molar-refractivity contribution is 5.94. The van der Waals surface area contributed by atoms with E-state index in [0.29, 0.717) is 17.7 Å². The van der Waals surface area contributed by atoms with E-state index >= 15 is 0 Å². The molecule has 0 aliphatic heterocycles. The molecule has 4 nitrogen and oxygen atoms in total. The monoisotopic (exact) mass is 267 g/mol. The molecule has 1 amide bonds. The SMILES string of the molecule is CCN[C@H](C)CNC(=O)c1ccc(C#N)cc1.Cl. The minimum atomic E-state index is -0.112. The zero-order valence-electron chi connectivity index (χ0n) is 10.6. The Morgan fingerprint density at radius 2 is 2.00 bits per heavy atom. The van der Waals surface area contributed by atoms with Gasteiger partial charge in [0.15, 0.2) is 0 Å². The molecule has 1 rings (SSSR count). The topological polar surface area (TPSA) is 64.9 Å². The van der Waals surface area contributed by atoms with Gasteiger partial charge in [-0.15, -0.1) is 12.4 Å². The standard InChI is InChI=1S/C13H17N3O.ClH/c1-3-15-10(2)9-16-13(17)12-6-4-11(8-14)5-7-12;/h4-7,10,15H,3,9H2,1-2H3,(H,16,17);1H/t10-;/m1./s1. The maximum Gasteiger partial charge on any atom is 0.251 e. The lowest BCUT2D eigenvalue weighted by molar-refractivity contribution is 0.0950. The molecule has 1 atom stereocenters. The Balaban J connectivity index is 0.00000289. The Morgan fingerprint density at radius 1 is 1.39 bits per heavy atom. The number of nitriles is 1. The molecular formula is C13H18ClN3O. The van der Waals surface area contributed by atoms with E-state index < -0.39 is 0 Å². The van der Waals surface area contributed by atoms with Crippen LogP contribution in [0.2, 0.25) is 0 Å². The van der Waals surface area contributed by atoms with E-state index in [4.69, 9.17) is 5.26 Å². The van der Waals surface area contributed by atoms with Crippen LogP contribution in [-0.2, 0) is 0 Å². The smallest absolute Gasteiger partial charge is 0.251 e. The van der Waals surface area contributed by atoms with E-state index in [2.05, 4.69) is 10.6 Å². The van der Waals surface area contributed by atoms with E-state index in [1.54, 1.807) is 24.3 Å². The van der Waals surface area contributed by atoms with E-state index in [-0.39, 0.29) is 24.4 Å². The van der Waals surface area contributed by atoms with Crippen molar-refractivity contribution in [2.24, 2.45) is 0 Å². The van der Waals surface area contributed by atoms with Crippen LogP contribution in [0.4, 0.5) is 0 Å². The summed E-state index contributed by atoms with van der Waals surface area (Å²) in [6.45, 7) is 5.52. The largest absolute Gasteiger partial charge is 0.350 e. The van der Waals surface area contributed by atoms with Gasteiger partial charge in [0.25, 0.3) is 5.91 Å². The molecule has 0 bridgehead atoms. The first kappa shape index (κ1) is 16.4. The number of halogens is 1. The van der Waals surface area contributed by atoms with Crippen molar-refractivity contribution >= 4 is 18.3 Å². The quantitative estimate of drug-likeness (QED) is 0.854. The van der Waals surface area contributed by atoms with E-state index in [1.807, 2.05) is 19.9 Å². The van der Waals surface area contributed by atoms with Gasteiger partial charge in [-0.3, -0.25) is 4.79 Å². The zero-order chi connectivity index (χ0) is 12.7. The maximum absolute atomic E-state index is 11.7. The van der Waals surface area contributed by atoms with Gasteiger partial charge in [-0.1, -0.05) is 6.92 Å². The van der Waals surface area contributed by atoms with Crippen LogP contribution in [0.1, 0.15) is 29.8 Å². The molecular weight excluding hydrogens is 250 g/mol. The van der Waals surface area contributed by atoms with Gasteiger partial charge in [0.1, 0.15) is 0 Å². The summed E-state index contributed by atoms with van der Waals surface area (Å²) in [5, 5.41) is 14.7. The molecule has 98 valence electrons. The second-order valence-corrected chi connectivity index (χ2v) is 3.86. The van der Waals surface area contributed by atoms with E-state index in [9.17, 15) is 4.79 Å². The molecule has 0 radical (unpaired) electrons. The molecule has 1 aromatic carbocycles. The van der Waals surface area contributed by atoms with Crippen LogP contribution in [0.25, 0.3) is 0 Å². The Bertz CT molecular complexity index is 411. The molecule has 1 aromatic rings. The Kier molecular flexibility index (Phi) is 7.77. The van der Waals surface area contributed by atoms with Crippen LogP contribution in [0.15, 0.2) is 24.3 Å².